The van der Waals surface area contributed by atoms with Crippen LogP contribution >= 0.6 is 0 Å². The number of hydrogen-bond donors (Lipinski definition) is 0. The molecule has 1 aliphatic carbocycles. The zero-order valence-corrected chi connectivity index (χ0v) is 33.2. The molecule has 0 saturated carbocycles. The first-order valence-electron chi connectivity index (χ1n) is 20.3. The minimum atomic E-state index is -0.208. The van der Waals surface area contributed by atoms with Gasteiger partial charge in [-0.05, 0) is 99.1 Å². The van der Waals surface area contributed by atoms with E-state index in [2.05, 4.69) is 146 Å². The van der Waals surface area contributed by atoms with E-state index >= 15 is 0 Å². The monoisotopic (exact) mass is 770 g/mol. The number of ether oxygens (including phenoxy) is 1. The van der Waals surface area contributed by atoms with Gasteiger partial charge in [-0.1, -0.05) is 135 Å². The van der Waals surface area contributed by atoms with Gasteiger partial charge in [0.25, 0.3) is 0 Å². The quantitative estimate of drug-likeness (QED) is 0.178. The van der Waals surface area contributed by atoms with Gasteiger partial charge in [0.2, 0.25) is 0 Å². The number of hydrogen-bond acceptors (Lipinski definition) is 5. The standard InChI is InChI=1S/C55H38N4O/c1-55(2)47-20-10-8-18-42(47)45-30-46-44-29-38(25-24-36(44)23-22-35-13-6-7-17-41(35)43-19-9-11-21-52(43)60-53(46)31-48(45)55)54-58-50(37-14-4-3-5-15-37)32-51(59-54)40-26-27-49(57-34-40)39-16-12-28-56-33-39/h3-34H,1-2H3/b23-22-. The predicted octanol–water partition coefficient (Wildman–Crippen LogP) is 13.9. The Hall–Kier alpha value is -7.76. The summed E-state index contributed by atoms with van der Waals surface area (Å²) in [5.41, 5.74) is 17.4. The molecule has 3 aromatic heterocycles. The maximum absolute atomic E-state index is 7.18. The van der Waals surface area contributed by atoms with Crippen molar-refractivity contribution < 1.29 is 4.74 Å². The lowest BCUT2D eigenvalue weighted by molar-refractivity contribution is 0.484. The Labute approximate surface area is 349 Å². The van der Waals surface area contributed by atoms with Crippen LogP contribution in [-0.2, 0) is 5.41 Å². The second-order valence-electron chi connectivity index (χ2n) is 15.9. The van der Waals surface area contributed by atoms with Crippen LogP contribution < -0.4 is 4.74 Å². The average molecular weight is 771 g/mol. The summed E-state index contributed by atoms with van der Waals surface area (Å²) in [6, 6.07) is 57.2. The summed E-state index contributed by atoms with van der Waals surface area (Å²) < 4.78 is 7.18. The van der Waals surface area contributed by atoms with Crippen molar-refractivity contribution in [2.75, 3.05) is 0 Å². The first-order chi connectivity index (χ1) is 29.5. The second kappa shape index (κ2) is 14.3. The molecule has 1 aliphatic heterocycles. The van der Waals surface area contributed by atoms with E-state index in [4.69, 9.17) is 19.7 Å². The molecule has 2 aliphatic rings. The molecule has 0 unspecified atom stereocenters. The van der Waals surface area contributed by atoms with E-state index in [0.717, 1.165) is 84.2 Å². The number of benzene rings is 6. The van der Waals surface area contributed by atoms with Crippen LogP contribution in [0.25, 0.3) is 90.7 Å². The summed E-state index contributed by atoms with van der Waals surface area (Å²) in [6.45, 7) is 4.62. The second-order valence-corrected chi connectivity index (χ2v) is 15.9. The van der Waals surface area contributed by atoms with Gasteiger partial charge in [-0.2, -0.15) is 0 Å². The molecule has 0 spiro atoms. The lowest BCUT2D eigenvalue weighted by Gasteiger charge is -2.23. The van der Waals surface area contributed by atoms with E-state index in [0.29, 0.717) is 5.82 Å². The fourth-order valence-corrected chi connectivity index (χ4v) is 8.77. The van der Waals surface area contributed by atoms with Gasteiger partial charge in [-0.15, -0.1) is 0 Å². The molecule has 0 radical (unpaired) electrons. The fraction of sp³-hybridized carbons (Fsp3) is 0.0545. The SMILES string of the molecule is CC1(C)c2ccccc2-c2cc3c(cc21)Oc1ccccc1-c1ccccc1/C=C\c1ccc(-c2nc(-c4ccccc4)cc(-c4ccc(-c5cccnc5)nc4)n2)cc1-3. The summed E-state index contributed by atoms with van der Waals surface area (Å²) in [7, 11) is 0. The summed E-state index contributed by atoms with van der Waals surface area (Å²) in [6.07, 6.45) is 9.92. The molecule has 5 nitrogen and oxygen atoms in total. The zero-order chi connectivity index (χ0) is 40.2. The highest BCUT2D eigenvalue weighted by Crippen LogP contribution is 2.53. The fourth-order valence-electron chi connectivity index (χ4n) is 8.77. The number of nitrogens with zero attached hydrogens (tertiary/aromatic N) is 4. The third kappa shape index (κ3) is 6.11. The van der Waals surface area contributed by atoms with Crippen molar-refractivity contribution in [2.24, 2.45) is 0 Å². The van der Waals surface area contributed by atoms with Crippen LogP contribution in [0.15, 0.2) is 182 Å². The van der Waals surface area contributed by atoms with Crippen LogP contribution in [0.2, 0.25) is 0 Å². The highest BCUT2D eigenvalue weighted by atomic mass is 16.5. The van der Waals surface area contributed by atoms with Gasteiger partial charge in [-0.25, -0.2) is 9.97 Å². The largest absolute Gasteiger partial charge is 0.456 e. The van der Waals surface area contributed by atoms with Crippen LogP contribution in [0.3, 0.4) is 0 Å². The molecule has 0 N–H and O–H groups in total. The Balaban J connectivity index is 1.13. The molecule has 60 heavy (non-hydrogen) atoms. The van der Waals surface area contributed by atoms with Crippen LogP contribution in [0.1, 0.15) is 36.1 Å². The lowest BCUT2D eigenvalue weighted by Crippen LogP contribution is -2.15. The molecule has 0 saturated heterocycles. The normalized spacial score (nSPS) is 13.6. The van der Waals surface area contributed by atoms with Crippen LogP contribution in [-0.4, -0.2) is 19.9 Å². The Kier molecular flexibility index (Phi) is 8.41. The Morgan fingerprint density at radius 1 is 0.417 bits per heavy atom. The number of rotatable bonds is 4. The molecule has 9 aromatic rings. The molecule has 0 amide bonds. The van der Waals surface area contributed by atoms with Gasteiger partial charge in [0.05, 0.1) is 17.1 Å². The molecule has 284 valence electrons. The zero-order valence-electron chi connectivity index (χ0n) is 33.2. The maximum atomic E-state index is 7.18. The smallest absolute Gasteiger partial charge is 0.160 e. The molecule has 5 heteroatoms. The van der Waals surface area contributed by atoms with E-state index in [1.165, 1.54) is 22.3 Å². The van der Waals surface area contributed by atoms with Crippen LogP contribution in [0.5, 0.6) is 11.5 Å². The molecule has 0 fully saturated rings. The Morgan fingerprint density at radius 3 is 1.90 bits per heavy atom. The lowest BCUT2D eigenvalue weighted by atomic mass is 9.81. The topological polar surface area (TPSA) is 60.8 Å². The number of para-hydroxylation sites is 1. The molecular formula is C55H38N4O. The van der Waals surface area contributed by atoms with Crippen molar-refractivity contribution in [1.82, 2.24) is 19.9 Å². The van der Waals surface area contributed by atoms with Gasteiger partial charge in [-0.3, -0.25) is 9.97 Å². The van der Waals surface area contributed by atoms with Crippen LogP contribution in [0, 0.1) is 0 Å². The molecular weight excluding hydrogens is 733 g/mol. The van der Waals surface area contributed by atoms with Gasteiger partial charge in [0.1, 0.15) is 11.5 Å². The highest BCUT2D eigenvalue weighted by Gasteiger charge is 2.37. The van der Waals surface area contributed by atoms with E-state index in [1.807, 2.05) is 60.9 Å². The maximum Gasteiger partial charge on any atom is 0.160 e. The highest BCUT2D eigenvalue weighted by molar-refractivity contribution is 5.93. The van der Waals surface area contributed by atoms with Gasteiger partial charge >= 0.3 is 0 Å². The molecule has 0 atom stereocenters. The number of fused-ring (bicyclic) bond motifs is 9. The van der Waals surface area contributed by atoms with E-state index in [1.54, 1.807) is 6.20 Å². The third-order valence-corrected chi connectivity index (χ3v) is 11.9. The van der Waals surface area contributed by atoms with Gasteiger partial charge < -0.3 is 4.74 Å². The van der Waals surface area contributed by atoms with E-state index in [-0.39, 0.29) is 5.41 Å². The first kappa shape index (κ1) is 35.4. The summed E-state index contributed by atoms with van der Waals surface area (Å²) in [4.78, 5) is 19.6. The number of pyridine rings is 2. The summed E-state index contributed by atoms with van der Waals surface area (Å²) >= 11 is 0. The number of aromatic nitrogens is 4. The molecule has 4 heterocycles. The van der Waals surface area contributed by atoms with Crippen molar-refractivity contribution in [2.45, 2.75) is 19.3 Å². The van der Waals surface area contributed by atoms with Crippen molar-refractivity contribution in [3.05, 3.63) is 205 Å². The van der Waals surface area contributed by atoms with E-state index < -0.39 is 0 Å². The summed E-state index contributed by atoms with van der Waals surface area (Å²) in [5, 5.41) is 0. The first-order valence-corrected chi connectivity index (χ1v) is 20.3. The minimum Gasteiger partial charge on any atom is -0.456 e. The van der Waals surface area contributed by atoms with Crippen LogP contribution in [0.4, 0.5) is 0 Å². The van der Waals surface area contributed by atoms with Crippen molar-refractivity contribution >= 4 is 12.2 Å². The van der Waals surface area contributed by atoms with Gasteiger partial charge in [0, 0.05) is 57.4 Å². The average Bonchev–Trinajstić information content (AvgIpc) is 3.52. The predicted molar refractivity (Wildman–Crippen MR) is 243 cm³/mol. The molecule has 6 aromatic carbocycles. The molecule has 11 rings (SSSR count). The Bertz CT molecular complexity index is 3130. The summed E-state index contributed by atoms with van der Waals surface area (Å²) in [5.74, 6) is 2.22. The van der Waals surface area contributed by atoms with Crippen molar-refractivity contribution in [3.8, 4) is 90.0 Å². The minimum absolute atomic E-state index is 0.208. The molecule has 0 bridgehead atoms. The third-order valence-electron chi connectivity index (χ3n) is 11.9. The van der Waals surface area contributed by atoms with E-state index in [9.17, 15) is 0 Å². The van der Waals surface area contributed by atoms with Crippen molar-refractivity contribution in [1.29, 1.82) is 0 Å². The van der Waals surface area contributed by atoms with Crippen molar-refractivity contribution in [3.63, 3.8) is 0 Å². The van der Waals surface area contributed by atoms with Gasteiger partial charge in [0.15, 0.2) is 5.82 Å². The Morgan fingerprint density at radius 2 is 1.10 bits per heavy atom.